The molecule has 1 saturated heterocycles. The van der Waals surface area contributed by atoms with Crippen LogP contribution in [0, 0.1) is 5.41 Å². The number of nitrogens with zero attached hydrogens (tertiary/aromatic N) is 1. The number of alkyl carbamates (subject to hydrolysis) is 1. The fourth-order valence-corrected chi connectivity index (χ4v) is 5.12. The first-order valence-electron chi connectivity index (χ1n) is 13.6. The van der Waals surface area contributed by atoms with E-state index in [0.717, 1.165) is 37.9 Å². The fourth-order valence-electron chi connectivity index (χ4n) is 5.12. The maximum absolute atomic E-state index is 12.9. The summed E-state index contributed by atoms with van der Waals surface area (Å²) in [6.07, 6.45) is 0.820. The minimum absolute atomic E-state index is 0.0417. The predicted molar refractivity (Wildman–Crippen MR) is 146 cm³/mol. The molecule has 2 aliphatic heterocycles. The van der Waals surface area contributed by atoms with Crippen LogP contribution < -0.4 is 10.6 Å². The van der Waals surface area contributed by atoms with Gasteiger partial charge in [-0.05, 0) is 48.1 Å². The van der Waals surface area contributed by atoms with Gasteiger partial charge >= 0.3 is 6.09 Å². The average Bonchev–Trinajstić information content (AvgIpc) is 2.90. The van der Waals surface area contributed by atoms with Gasteiger partial charge < -0.3 is 25.2 Å². The molecule has 2 unspecified atom stereocenters. The summed E-state index contributed by atoms with van der Waals surface area (Å²) in [5, 5.41) is 16.4. The summed E-state index contributed by atoms with van der Waals surface area (Å²) in [6, 6.07) is 15.6. The molecule has 2 heterocycles. The Bertz CT molecular complexity index is 1090. The van der Waals surface area contributed by atoms with Crippen LogP contribution in [-0.2, 0) is 22.4 Å². The Kier molecular flexibility index (Phi) is 9.41. The Morgan fingerprint density at radius 1 is 1.11 bits per heavy atom. The second-order valence-electron chi connectivity index (χ2n) is 11.4. The zero-order valence-electron chi connectivity index (χ0n) is 22.7. The van der Waals surface area contributed by atoms with Crippen molar-refractivity contribution in [2.75, 3.05) is 32.8 Å². The van der Waals surface area contributed by atoms with E-state index in [9.17, 15) is 14.7 Å². The standard InChI is InChI=1S/C30H41N3O5/c1-30(2,3)27(38-29(36)32-25-12-15-37-16-13-25)22-9-6-10-23(17-22)28(35)31-18-26(34)20-33-14-11-21-7-4-5-8-24(21)19-33/h4-10,17,25-27,34H,11-16,18-20H2,1-3H3,(H,31,35)(H,32,36). The van der Waals surface area contributed by atoms with E-state index < -0.39 is 18.3 Å². The highest BCUT2D eigenvalue weighted by molar-refractivity contribution is 5.94. The van der Waals surface area contributed by atoms with Crippen LogP contribution in [0.1, 0.15) is 66.8 Å². The number of carbonyl (C=O) groups is 2. The molecule has 38 heavy (non-hydrogen) atoms. The second kappa shape index (κ2) is 12.7. The first-order valence-corrected chi connectivity index (χ1v) is 13.6. The van der Waals surface area contributed by atoms with Crippen molar-refractivity contribution in [2.24, 2.45) is 5.41 Å². The highest BCUT2D eigenvalue weighted by Gasteiger charge is 2.31. The molecule has 0 radical (unpaired) electrons. The Hall–Kier alpha value is -2.94. The molecule has 2 aromatic rings. The van der Waals surface area contributed by atoms with Crippen LogP contribution in [0.3, 0.4) is 0 Å². The Balaban J connectivity index is 1.32. The number of fused-ring (bicyclic) bond motifs is 1. The molecule has 0 saturated carbocycles. The lowest BCUT2D eigenvalue weighted by molar-refractivity contribution is 0.0227. The summed E-state index contributed by atoms with van der Waals surface area (Å²) >= 11 is 0. The minimum atomic E-state index is -0.674. The fraction of sp³-hybridized carbons (Fsp3) is 0.533. The predicted octanol–water partition coefficient (Wildman–Crippen LogP) is 3.83. The van der Waals surface area contributed by atoms with Gasteiger partial charge in [-0.1, -0.05) is 57.2 Å². The molecule has 206 valence electrons. The van der Waals surface area contributed by atoms with Gasteiger partial charge in [0.25, 0.3) is 5.91 Å². The Morgan fingerprint density at radius 2 is 1.84 bits per heavy atom. The number of hydrogen-bond acceptors (Lipinski definition) is 6. The normalized spacial score (nSPS) is 18.2. The maximum atomic E-state index is 12.9. The number of aliphatic hydroxyl groups is 1. The van der Waals surface area contributed by atoms with Crippen molar-refractivity contribution in [3.8, 4) is 0 Å². The van der Waals surface area contributed by atoms with Gasteiger partial charge in [-0.3, -0.25) is 9.69 Å². The molecule has 0 bridgehead atoms. The van der Waals surface area contributed by atoms with Gasteiger partial charge in [-0.2, -0.15) is 0 Å². The largest absolute Gasteiger partial charge is 0.441 e. The van der Waals surface area contributed by atoms with Crippen molar-refractivity contribution in [2.45, 2.75) is 64.8 Å². The van der Waals surface area contributed by atoms with E-state index in [0.29, 0.717) is 25.3 Å². The molecule has 4 rings (SSSR count). The van der Waals surface area contributed by atoms with E-state index in [1.165, 1.54) is 11.1 Å². The van der Waals surface area contributed by atoms with Crippen LogP contribution in [0.25, 0.3) is 0 Å². The van der Waals surface area contributed by atoms with Crippen molar-refractivity contribution >= 4 is 12.0 Å². The second-order valence-corrected chi connectivity index (χ2v) is 11.4. The summed E-state index contributed by atoms with van der Waals surface area (Å²) in [5.41, 5.74) is 3.49. The zero-order valence-corrected chi connectivity index (χ0v) is 22.7. The van der Waals surface area contributed by atoms with Gasteiger partial charge in [-0.25, -0.2) is 4.79 Å². The Labute approximate surface area is 225 Å². The van der Waals surface area contributed by atoms with Crippen molar-refractivity contribution in [1.82, 2.24) is 15.5 Å². The summed E-state index contributed by atoms with van der Waals surface area (Å²) in [5.74, 6) is -0.269. The van der Waals surface area contributed by atoms with E-state index >= 15 is 0 Å². The van der Waals surface area contributed by atoms with Crippen LogP contribution in [0.2, 0.25) is 0 Å². The van der Waals surface area contributed by atoms with Gasteiger partial charge in [0, 0.05) is 56.4 Å². The number of amides is 2. The molecule has 2 atom stereocenters. The van der Waals surface area contributed by atoms with E-state index in [1.54, 1.807) is 18.2 Å². The molecule has 2 aliphatic rings. The van der Waals surface area contributed by atoms with Crippen molar-refractivity contribution in [3.05, 3.63) is 70.8 Å². The molecule has 0 aliphatic carbocycles. The molecule has 8 heteroatoms. The number of aliphatic hydroxyl groups excluding tert-OH is 1. The number of β-amino-alcohol motifs (C(OH)–C–C–N with tert-alkyl or cyclic N) is 1. The van der Waals surface area contributed by atoms with Crippen LogP contribution in [0.15, 0.2) is 48.5 Å². The Morgan fingerprint density at radius 3 is 2.58 bits per heavy atom. The molecular weight excluding hydrogens is 482 g/mol. The number of nitrogens with one attached hydrogen (secondary N) is 2. The molecule has 8 nitrogen and oxygen atoms in total. The van der Waals surface area contributed by atoms with Crippen LogP contribution in [0.5, 0.6) is 0 Å². The van der Waals surface area contributed by atoms with Crippen molar-refractivity contribution in [3.63, 3.8) is 0 Å². The quantitative estimate of drug-likeness (QED) is 0.486. The topological polar surface area (TPSA) is 100 Å². The van der Waals surface area contributed by atoms with E-state index in [1.807, 2.05) is 32.9 Å². The number of hydrogen-bond donors (Lipinski definition) is 3. The van der Waals surface area contributed by atoms with Gasteiger partial charge in [0.2, 0.25) is 0 Å². The monoisotopic (exact) mass is 523 g/mol. The average molecular weight is 524 g/mol. The van der Waals surface area contributed by atoms with Crippen molar-refractivity contribution < 1.29 is 24.2 Å². The lowest BCUT2D eigenvalue weighted by atomic mass is 9.84. The lowest BCUT2D eigenvalue weighted by Crippen LogP contribution is -2.42. The third-order valence-electron chi connectivity index (χ3n) is 7.18. The summed E-state index contributed by atoms with van der Waals surface area (Å²) in [7, 11) is 0. The SMILES string of the molecule is CC(C)(C)C(OC(=O)NC1CCOCC1)c1cccc(C(=O)NCC(O)CN2CCc3ccccc3C2)c1. The van der Waals surface area contributed by atoms with E-state index in [-0.39, 0.29) is 23.9 Å². The highest BCUT2D eigenvalue weighted by atomic mass is 16.6. The highest BCUT2D eigenvalue weighted by Crippen LogP contribution is 2.36. The summed E-state index contributed by atoms with van der Waals surface area (Å²) in [6.45, 7) is 9.62. The maximum Gasteiger partial charge on any atom is 0.407 e. The summed E-state index contributed by atoms with van der Waals surface area (Å²) in [4.78, 5) is 27.8. The van der Waals surface area contributed by atoms with Crippen LogP contribution >= 0.6 is 0 Å². The molecule has 3 N–H and O–H groups in total. The molecule has 1 fully saturated rings. The number of rotatable bonds is 8. The van der Waals surface area contributed by atoms with Crippen molar-refractivity contribution in [1.29, 1.82) is 0 Å². The smallest absolute Gasteiger partial charge is 0.407 e. The van der Waals surface area contributed by atoms with E-state index in [4.69, 9.17) is 9.47 Å². The third kappa shape index (κ3) is 7.79. The van der Waals surface area contributed by atoms with Gasteiger partial charge in [0.1, 0.15) is 6.10 Å². The van der Waals surface area contributed by atoms with Gasteiger partial charge in [0.05, 0.1) is 6.10 Å². The van der Waals surface area contributed by atoms with Gasteiger partial charge in [0.15, 0.2) is 0 Å². The summed E-state index contributed by atoms with van der Waals surface area (Å²) < 4.78 is 11.2. The first-order chi connectivity index (χ1) is 18.2. The molecule has 0 aromatic heterocycles. The van der Waals surface area contributed by atoms with Crippen LogP contribution in [0.4, 0.5) is 4.79 Å². The molecule has 2 amide bonds. The molecule has 2 aromatic carbocycles. The number of benzene rings is 2. The minimum Gasteiger partial charge on any atom is -0.441 e. The number of ether oxygens (including phenoxy) is 2. The molecule has 0 spiro atoms. The lowest BCUT2D eigenvalue weighted by Gasteiger charge is -2.32. The third-order valence-corrected chi connectivity index (χ3v) is 7.18. The van der Waals surface area contributed by atoms with Crippen LogP contribution in [-0.4, -0.2) is 67.0 Å². The van der Waals surface area contributed by atoms with Gasteiger partial charge in [-0.15, -0.1) is 0 Å². The molecular formula is C30H41N3O5. The number of carbonyl (C=O) groups excluding carboxylic acids is 2. The zero-order chi connectivity index (χ0) is 27.1. The first kappa shape index (κ1) is 28.1. The van der Waals surface area contributed by atoms with E-state index in [2.05, 4.69) is 33.7 Å².